The molecule has 0 aliphatic heterocycles. The maximum absolute atomic E-state index is 6.36. The zero-order valence-electron chi connectivity index (χ0n) is 21.6. The van der Waals surface area contributed by atoms with Gasteiger partial charge in [0, 0.05) is 0 Å². The summed E-state index contributed by atoms with van der Waals surface area (Å²) in [7, 11) is -3.39. The van der Waals surface area contributed by atoms with Gasteiger partial charge in [0.2, 0.25) is 0 Å². The first-order valence-corrected chi connectivity index (χ1v) is 18.8. The van der Waals surface area contributed by atoms with Crippen LogP contribution in [0.5, 0.6) is 0 Å². The monoisotopic (exact) mass is 466 g/mol. The average molecular weight is 467 g/mol. The lowest BCUT2D eigenvalue weighted by molar-refractivity contribution is 0.276. The summed E-state index contributed by atoms with van der Waals surface area (Å²) in [6.07, 6.45) is 0. The maximum atomic E-state index is 6.36. The molecule has 0 aromatic heterocycles. The molecular weight excluding hydrogens is 425 g/mol. The molecule has 2 aromatic rings. The van der Waals surface area contributed by atoms with Crippen molar-refractivity contribution in [1.29, 1.82) is 0 Å². The second-order valence-corrected chi connectivity index (χ2v) is 23.5. The Morgan fingerprint density at radius 1 is 0.581 bits per heavy atom. The van der Waals surface area contributed by atoms with Crippen molar-refractivity contribution in [3.63, 3.8) is 0 Å². The molecule has 0 N–H and O–H groups in total. The highest BCUT2D eigenvalue weighted by atomic mass is 28.4. The van der Waals surface area contributed by atoms with Gasteiger partial charge in [0.1, 0.15) is 0 Å². The summed E-state index contributed by atoms with van der Waals surface area (Å²) in [5.41, 5.74) is 2.56. The van der Waals surface area contributed by atoms with E-state index in [1.165, 1.54) is 18.5 Å². The van der Waals surface area contributed by atoms with Gasteiger partial charge in [0.25, 0.3) is 0 Å². The van der Waals surface area contributed by atoms with Crippen LogP contribution in [0, 0.1) is 0 Å². The van der Waals surface area contributed by atoms with Crippen LogP contribution in [0.25, 0.3) is 0 Å². The first kappa shape index (κ1) is 26.8. The number of hydrogen-bond donors (Lipinski definition) is 0. The summed E-state index contributed by atoms with van der Waals surface area (Å²) in [5.74, 6) is 0. The van der Waals surface area contributed by atoms with Gasteiger partial charge in [-0.25, -0.2) is 0 Å². The fourth-order valence-electron chi connectivity index (χ4n) is 2.70. The van der Waals surface area contributed by atoms with Crippen molar-refractivity contribution >= 4 is 44.4 Å². The standard InChI is InChI=1S/2C13H21OSi.Mg/c2*1-13(2,3)15(4,5)14-11-12-9-7-6-8-10-12;/h2*7-10H,11H2,1-5H3;. The van der Waals surface area contributed by atoms with Crippen molar-refractivity contribution in [2.45, 2.75) is 91.0 Å². The van der Waals surface area contributed by atoms with Crippen molar-refractivity contribution in [3.8, 4) is 0 Å². The Kier molecular flexibility index (Phi) is 8.84. The third kappa shape index (κ3) is 7.83. The van der Waals surface area contributed by atoms with Crippen LogP contribution in [0.4, 0.5) is 0 Å². The van der Waals surface area contributed by atoms with Crippen molar-refractivity contribution in [1.82, 2.24) is 0 Å². The lowest BCUT2D eigenvalue weighted by atomic mass is 10.2. The Balaban J connectivity index is 1.91. The Bertz CT molecular complexity index is 758. The van der Waals surface area contributed by atoms with Gasteiger partial charge in [-0.3, -0.25) is 0 Å². The lowest BCUT2D eigenvalue weighted by Gasteiger charge is -2.36. The van der Waals surface area contributed by atoms with Crippen LogP contribution < -0.4 is 7.39 Å². The molecule has 0 amide bonds. The normalized spacial score (nSPS) is 13.2. The Morgan fingerprint density at radius 2 is 0.871 bits per heavy atom. The second kappa shape index (κ2) is 10.2. The van der Waals surface area contributed by atoms with E-state index < -0.39 is 37.0 Å². The molecule has 0 heterocycles. The Morgan fingerprint density at radius 3 is 1.13 bits per heavy atom. The third-order valence-electron chi connectivity index (χ3n) is 7.27. The van der Waals surface area contributed by atoms with E-state index in [0.717, 1.165) is 13.2 Å². The maximum Gasteiger partial charge on any atom is 0.450 e. The molecule has 0 radical (unpaired) electrons. The summed E-state index contributed by atoms with van der Waals surface area (Å²) in [6, 6.07) is 18.2. The SMILES string of the molecule is CC(C)(C)[Si](C)(C)OCc1cc[c]([Mg][c]2ccc(CO[Si](C)(C)C(C)(C)C)cc2)cc1. The average Bonchev–Trinajstić information content (AvgIpc) is 2.65. The largest absolute Gasteiger partial charge is 0.450 e. The molecule has 2 rings (SSSR count). The lowest BCUT2D eigenvalue weighted by Crippen LogP contribution is -2.40. The van der Waals surface area contributed by atoms with E-state index in [0.29, 0.717) is 0 Å². The van der Waals surface area contributed by atoms with E-state index in [2.05, 4.69) is 116 Å². The van der Waals surface area contributed by atoms with Gasteiger partial charge in [-0.15, -0.1) is 0 Å². The molecule has 0 saturated heterocycles. The highest BCUT2D eigenvalue weighted by Gasteiger charge is 2.37. The molecule has 0 unspecified atom stereocenters. The minimum Gasteiger partial charge on any atom is -0.413 e. The Hall–Kier alpha value is -0.440. The predicted octanol–water partition coefficient (Wildman–Crippen LogP) is 6.39. The molecule has 0 bridgehead atoms. The van der Waals surface area contributed by atoms with Gasteiger partial charge in [-0.2, -0.15) is 7.39 Å². The molecule has 0 atom stereocenters. The molecule has 0 saturated carbocycles. The van der Waals surface area contributed by atoms with Crippen LogP contribution >= 0.6 is 0 Å². The molecule has 2 aromatic carbocycles. The van der Waals surface area contributed by atoms with Crippen molar-refractivity contribution in [2.24, 2.45) is 0 Å². The zero-order chi connectivity index (χ0) is 23.5. The summed E-state index contributed by atoms with van der Waals surface area (Å²) >= 11 is -0.458. The number of hydrogen-bond acceptors (Lipinski definition) is 2. The van der Waals surface area contributed by atoms with E-state index >= 15 is 0 Å². The minimum atomic E-state index is -1.70. The molecule has 168 valence electrons. The van der Waals surface area contributed by atoms with Crippen LogP contribution in [0.2, 0.25) is 36.3 Å². The van der Waals surface area contributed by atoms with E-state index in [1.54, 1.807) is 0 Å². The van der Waals surface area contributed by atoms with Gasteiger partial charge in [0.05, 0.1) is 13.2 Å². The van der Waals surface area contributed by atoms with Crippen LogP contribution in [0.15, 0.2) is 48.5 Å². The van der Waals surface area contributed by atoms with Crippen LogP contribution in [0.3, 0.4) is 0 Å². The summed E-state index contributed by atoms with van der Waals surface area (Å²) < 4.78 is 15.7. The topological polar surface area (TPSA) is 18.5 Å². The van der Waals surface area contributed by atoms with Crippen LogP contribution in [-0.2, 0) is 22.1 Å². The summed E-state index contributed by atoms with van der Waals surface area (Å²) in [4.78, 5) is 0. The molecule has 2 nitrogen and oxygen atoms in total. The first-order chi connectivity index (χ1) is 14.1. The smallest absolute Gasteiger partial charge is 0.413 e. The van der Waals surface area contributed by atoms with E-state index in [-0.39, 0.29) is 10.1 Å². The highest BCUT2D eigenvalue weighted by molar-refractivity contribution is 6.74. The van der Waals surface area contributed by atoms with Gasteiger partial charge < -0.3 is 8.85 Å². The van der Waals surface area contributed by atoms with Crippen LogP contribution in [-0.4, -0.2) is 37.0 Å². The summed E-state index contributed by atoms with van der Waals surface area (Å²) in [6.45, 7) is 24.4. The van der Waals surface area contributed by atoms with Gasteiger partial charge >= 0.3 is 20.4 Å². The fraction of sp³-hybridized carbons (Fsp3) is 0.538. The third-order valence-corrected chi connectivity index (χ3v) is 18.0. The summed E-state index contributed by atoms with van der Waals surface area (Å²) in [5, 5.41) is 0.503. The second-order valence-electron chi connectivity index (χ2n) is 11.9. The predicted molar refractivity (Wildman–Crippen MR) is 142 cm³/mol. The van der Waals surface area contributed by atoms with E-state index in [9.17, 15) is 0 Å². The van der Waals surface area contributed by atoms with E-state index in [4.69, 9.17) is 8.85 Å². The van der Waals surface area contributed by atoms with Gasteiger partial charge in [-0.1, -0.05) is 90.1 Å². The molecule has 31 heavy (non-hydrogen) atoms. The minimum absolute atomic E-state index is 0.252. The fourth-order valence-corrected chi connectivity index (χ4v) is 6.04. The highest BCUT2D eigenvalue weighted by Crippen LogP contribution is 2.37. The van der Waals surface area contributed by atoms with E-state index in [1.807, 2.05) is 0 Å². The van der Waals surface area contributed by atoms with Crippen LogP contribution in [0.1, 0.15) is 52.7 Å². The Labute approximate surface area is 203 Å². The molecule has 0 aliphatic rings. The number of rotatable bonds is 8. The molecular formula is C26H42MgO2Si2. The molecule has 0 fully saturated rings. The van der Waals surface area contributed by atoms with Crippen molar-refractivity contribution in [2.75, 3.05) is 0 Å². The number of benzene rings is 2. The first-order valence-electron chi connectivity index (χ1n) is 11.5. The molecule has 0 aliphatic carbocycles. The van der Waals surface area contributed by atoms with Gasteiger partial charge in [0.15, 0.2) is 16.6 Å². The quantitative estimate of drug-likeness (QED) is 0.420. The van der Waals surface area contributed by atoms with Crippen molar-refractivity contribution < 1.29 is 8.85 Å². The zero-order valence-corrected chi connectivity index (χ0v) is 25.0. The van der Waals surface area contributed by atoms with Crippen molar-refractivity contribution in [3.05, 3.63) is 59.7 Å². The molecule has 5 heteroatoms. The molecule has 0 spiro atoms. The van der Waals surface area contributed by atoms with Gasteiger partial charge in [-0.05, 0) is 47.4 Å².